The first-order valence-electron chi connectivity index (χ1n) is 5.87. The van der Waals surface area contributed by atoms with Crippen LogP contribution in [0.2, 0.25) is 0 Å². The van der Waals surface area contributed by atoms with Gasteiger partial charge in [-0.05, 0) is 23.8 Å². The van der Waals surface area contributed by atoms with Crippen LogP contribution in [0.4, 0.5) is 0 Å². The zero-order valence-corrected chi connectivity index (χ0v) is 10.4. The van der Waals surface area contributed by atoms with Crippen LogP contribution in [-0.4, -0.2) is 7.11 Å². The molecule has 2 aliphatic rings. The van der Waals surface area contributed by atoms with Gasteiger partial charge in [0.25, 0.3) is 0 Å². The molecule has 2 aromatic rings. The third-order valence-corrected chi connectivity index (χ3v) is 2.74. The number of nitrogens with two attached hydrogens (primary N) is 1. The number of fused-ring (bicyclic) bond motifs is 3. The van der Waals surface area contributed by atoms with E-state index < -0.39 is 0 Å². The fraction of sp³-hybridized carbons (Fsp3) is 0.200. The van der Waals surface area contributed by atoms with Crippen molar-refractivity contribution in [1.82, 2.24) is 0 Å². The molecule has 2 aromatic carbocycles. The monoisotopic (exact) mass is 243 g/mol. The van der Waals surface area contributed by atoms with Crippen molar-refractivity contribution in [2.24, 2.45) is 5.73 Å². The minimum atomic E-state index is 0.532. The molecule has 0 radical (unpaired) electrons. The van der Waals surface area contributed by atoms with E-state index in [4.69, 9.17) is 15.2 Å². The molecule has 0 aliphatic carbocycles. The molecule has 2 bridgehead atoms. The summed E-state index contributed by atoms with van der Waals surface area (Å²) >= 11 is 0. The molecule has 2 aliphatic heterocycles. The Bertz CT molecular complexity index is 448. The molecule has 2 N–H and O–H groups in total. The molecule has 0 fully saturated rings. The molecular weight excluding hydrogens is 226 g/mol. The number of ether oxygens (including phenoxy) is 2. The third kappa shape index (κ3) is 3.02. The van der Waals surface area contributed by atoms with Gasteiger partial charge in [-0.15, -0.1) is 0 Å². The first-order valence-corrected chi connectivity index (χ1v) is 5.87. The van der Waals surface area contributed by atoms with Gasteiger partial charge in [-0.3, -0.25) is 0 Å². The molecule has 0 spiro atoms. The molecule has 0 amide bonds. The number of hydrogen-bond donors (Lipinski definition) is 1. The highest BCUT2D eigenvalue weighted by atomic mass is 16.5. The van der Waals surface area contributed by atoms with Gasteiger partial charge in [0.05, 0.1) is 7.11 Å². The molecule has 0 saturated heterocycles. The zero-order chi connectivity index (χ0) is 12.8. The smallest absolute Gasteiger partial charge is 0.123 e. The topological polar surface area (TPSA) is 44.5 Å². The van der Waals surface area contributed by atoms with Gasteiger partial charge in [0.2, 0.25) is 0 Å². The summed E-state index contributed by atoms with van der Waals surface area (Å²) in [5.74, 6) is 1.85. The van der Waals surface area contributed by atoms with Crippen LogP contribution in [0.15, 0.2) is 48.5 Å². The quantitative estimate of drug-likeness (QED) is 0.882. The fourth-order valence-electron chi connectivity index (χ4n) is 1.72. The van der Waals surface area contributed by atoms with Crippen molar-refractivity contribution in [2.45, 2.75) is 13.2 Å². The Morgan fingerprint density at radius 2 is 1.83 bits per heavy atom. The molecule has 2 heterocycles. The van der Waals surface area contributed by atoms with Crippen molar-refractivity contribution >= 4 is 0 Å². The first-order chi connectivity index (χ1) is 8.83. The molecule has 94 valence electrons. The average molecular weight is 243 g/mol. The van der Waals surface area contributed by atoms with E-state index >= 15 is 0 Å². The molecule has 0 aromatic heterocycles. The lowest BCUT2D eigenvalue weighted by Gasteiger charge is -2.11. The zero-order valence-electron chi connectivity index (χ0n) is 10.4. The number of hydrogen-bond acceptors (Lipinski definition) is 3. The van der Waals surface area contributed by atoms with E-state index in [1.54, 1.807) is 7.11 Å². The van der Waals surface area contributed by atoms with Crippen molar-refractivity contribution < 1.29 is 9.47 Å². The second-order valence-electron chi connectivity index (χ2n) is 3.95. The highest BCUT2D eigenvalue weighted by molar-refractivity contribution is 5.32. The Kier molecular flexibility index (Phi) is 4.20. The molecule has 0 atom stereocenters. The van der Waals surface area contributed by atoms with Crippen molar-refractivity contribution in [3.05, 3.63) is 59.7 Å². The fourth-order valence-corrected chi connectivity index (χ4v) is 1.72. The number of benzene rings is 2. The van der Waals surface area contributed by atoms with Gasteiger partial charge < -0.3 is 15.2 Å². The molecule has 3 heteroatoms. The Hall–Kier alpha value is -2.00. The molecule has 18 heavy (non-hydrogen) atoms. The van der Waals surface area contributed by atoms with Crippen molar-refractivity contribution in [3.63, 3.8) is 0 Å². The van der Waals surface area contributed by atoms with Gasteiger partial charge in [-0.1, -0.05) is 30.3 Å². The number of rotatable bonds is 2. The van der Waals surface area contributed by atoms with E-state index in [0.29, 0.717) is 6.54 Å². The molecule has 3 nitrogen and oxygen atoms in total. The Balaban J connectivity index is 0.000000136. The predicted molar refractivity (Wildman–Crippen MR) is 71.7 cm³/mol. The van der Waals surface area contributed by atoms with Gasteiger partial charge in [-0.2, -0.15) is 0 Å². The van der Waals surface area contributed by atoms with Crippen LogP contribution in [-0.2, 0) is 13.2 Å². The number of methoxy groups -OCH3 is 1. The van der Waals surface area contributed by atoms with E-state index in [-0.39, 0.29) is 0 Å². The summed E-state index contributed by atoms with van der Waals surface area (Å²) < 4.78 is 10.2. The van der Waals surface area contributed by atoms with Crippen LogP contribution in [0, 0.1) is 0 Å². The standard InChI is InChI=1S/C8H11NO.C7H6O/c1-10-8-5-3-2-4-7(8)6-9;1-3-7-4-2-6(1)5-8-7/h2-5H,6,9H2,1H3;1-4H,5H2. The summed E-state index contributed by atoms with van der Waals surface area (Å²) in [5, 5.41) is 0. The minimum absolute atomic E-state index is 0.532. The lowest BCUT2D eigenvalue weighted by molar-refractivity contribution is 0.295. The van der Waals surface area contributed by atoms with Gasteiger partial charge >= 0.3 is 0 Å². The molecule has 0 unspecified atom stereocenters. The van der Waals surface area contributed by atoms with E-state index in [2.05, 4.69) is 12.1 Å². The maximum Gasteiger partial charge on any atom is 0.123 e. The molecule has 0 saturated carbocycles. The Morgan fingerprint density at radius 3 is 2.17 bits per heavy atom. The summed E-state index contributed by atoms with van der Waals surface area (Å²) in [4.78, 5) is 0. The predicted octanol–water partition coefficient (Wildman–Crippen LogP) is 2.73. The highest BCUT2D eigenvalue weighted by Gasteiger charge is 2.01. The SMILES string of the molecule is COc1ccccc1CN.c1cc2ccc1CO2. The lowest BCUT2D eigenvalue weighted by atomic mass is 10.2. The third-order valence-electron chi connectivity index (χ3n) is 2.74. The molecular formula is C15H17NO2. The summed E-state index contributed by atoms with van der Waals surface area (Å²) in [6, 6.07) is 15.9. The Morgan fingerprint density at radius 1 is 1.11 bits per heavy atom. The van der Waals surface area contributed by atoms with Crippen LogP contribution in [0.1, 0.15) is 11.1 Å². The average Bonchev–Trinajstić information content (AvgIpc) is 2.50. The largest absolute Gasteiger partial charge is 0.496 e. The van der Waals surface area contributed by atoms with Crippen LogP contribution in [0.5, 0.6) is 11.5 Å². The minimum Gasteiger partial charge on any atom is -0.496 e. The van der Waals surface area contributed by atoms with Crippen LogP contribution < -0.4 is 15.2 Å². The van der Waals surface area contributed by atoms with Crippen molar-refractivity contribution in [2.75, 3.05) is 7.11 Å². The van der Waals surface area contributed by atoms with Gasteiger partial charge in [0.1, 0.15) is 18.1 Å². The van der Waals surface area contributed by atoms with Gasteiger partial charge in [0.15, 0.2) is 0 Å². The highest BCUT2D eigenvalue weighted by Crippen LogP contribution is 2.19. The van der Waals surface area contributed by atoms with E-state index in [1.165, 1.54) is 5.56 Å². The first kappa shape index (κ1) is 12.5. The van der Waals surface area contributed by atoms with Crippen molar-refractivity contribution in [1.29, 1.82) is 0 Å². The lowest BCUT2D eigenvalue weighted by Crippen LogP contribution is -2.00. The van der Waals surface area contributed by atoms with Gasteiger partial charge in [0, 0.05) is 12.1 Å². The summed E-state index contributed by atoms with van der Waals surface area (Å²) in [7, 11) is 1.65. The van der Waals surface area contributed by atoms with Crippen molar-refractivity contribution in [3.8, 4) is 11.5 Å². The second-order valence-corrected chi connectivity index (χ2v) is 3.95. The van der Waals surface area contributed by atoms with Crippen LogP contribution in [0.3, 0.4) is 0 Å². The van der Waals surface area contributed by atoms with Gasteiger partial charge in [-0.25, -0.2) is 0 Å². The maximum absolute atomic E-state index is 5.45. The van der Waals surface area contributed by atoms with Crippen LogP contribution in [0.25, 0.3) is 0 Å². The Labute approximate surface area is 107 Å². The summed E-state index contributed by atoms with van der Waals surface area (Å²) in [5.41, 5.74) is 7.76. The second kappa shape index (κ2) is 6.07. The number of para-hydroxylation sites is 1. The molecule has 4 rings (SSSR count). The van der Waals surface area contributed by atoms with E-state index in [9.17, 15) is 0 Å². The normalized spacial score (nSPS) is 11.2. The van der Waals surface area contributed by atoms with E-state index in [1.807, 2.05) is 36.4 Å². The summed E-state index contributed by atoms with van der Waals surface area (Å²) in [6.45, 7) is 1.30. The van der Waals surface area contributed by atoms with E-state index in [0.717, 1.165) is 23.7 Å². The summed E-state index contributed by atoms with van der Waals surface area (Å²) in [6.07, 6.45) is 0. The van der Waals surface area contributed by atoms with Crippen LogP contribution >= 0.6 is 0 Å². The maximum atomic E-state index is 5.45.